The number of aromatic nitrogens is 2. The van der Waals surface area contributed by atoms with Gasteiger partial charge in [-0.05, 0) is 6.42 Å². The van der Waals surface area contributed by atoms with Crippen LogP contribution >= 0.6 is 0 Å². The van der Waals surface area contributed by atoms with Gasteiger partial charge in [-0.15, -0.1) is 0 Å². The molecule has 0 aliphatic carbocycles. The molecular weight excluding hydrogens is 258 g/mol. The fourth-order valence-electron chi connectivity index (χ4n) is 2.36. The van der Waals surface area contributed by atoms with Crippen LogP contribution in [0.2, 0.25) is 0 Å². The summed E-state index contributed by atoms with van der Waals surface area (Å²) < 4.78 is 10.7. The minimum Gasteiger partial charge on any atom is -0.458 e. The summed E-state index contributed by atoms with van der Waals surface area (Å²) in [5, 5.41) is 9.74. The molecule has 20 heavy (non-hydrogen) atoms. The highest BCUT2D eigenvalue weighted by molar-refractivity contribution is 6.03. The van der Waals surface area contributed by atoms with Crippen molar-refractivity contribution in [1.29, 1.82) is 0 Å². The van der Waals surface area contributed by atoms with Crippen molar-refractivity contribution in [3.8, 4) is 0 Å². The van der Waals surface area contributed by atoms with Crippen LogP contribution in [0, 0.1) is 0 Å². The Morgan fingerprint density at radius 1 is 1.55 bits per heavy atom. The third-order valence-corrected chi connectivity index (χ3v) is 3.33. The third kappa shape index (κ3) is 2.46. The van der Waals surface area contributed by atoms with E-state index in [4.69, 9.17) is 9.15 Å². The quantitative estimate of drug-likeness (QED) is 0.897. The fraction of sp³-hybridized carbons (Fsp3) is 0.429. The number of hydrogen-bond donors (Lipinski definition) is 2. The number of H-pyrrole nitrogens is 1. The molecule has 0 radical (unpaired) electrons. The van der Waals surface area contributed by atoms with Crippen molar-refractivity contribution >= 4 is 11.7 Å². The second kappa shape index (κ2) is 5.50. The molecule has 1 aliphatic rings. The molecule has 0 aromatic carbocycles. The zero-order valence-electron chi connectivity index (χ0n) is 11.4. The number of carbonyl (C=O) groups is 1. The summed E-state index contributed by atoms with van der Waals surface area (Å²) in [7, 11) is 0. The zero-order chi connectivity index (χ0) is 13.9. The van der Waals surface area contributed by atoms with E-state index in [-0.39, 0.29) is 5.91 Å². The van der Waals surface area contributed by atoms with Crippen molar-refractivity contribution in [3.63, 3.8) is 0 Å². The number of furan rings is 1. The van der Waals surface area contributed by atoms with Gasteiger partial charge in [0.1, 0.15) is 0 Å². The maximum Gasteiger partial charge on any atom is 0.292 e. The lowest BCUT2D eigenvalue weighted by Crippen LogP contribution is -2.16. The van der Waals surface area contributed by atoms with Crippen molar-refractivity contribution in [1.82, 2.24) is 10.2 Å². The first-order valence-corrected chi connectivity index (χ1v) is 6.80. The molecule has 1 amide bonds. The molecule has 2 N–H and O–H groups in total. The first-order chi connectivity index (χ1) is 9.78. The van der Waals surface area contributed by atoms with Crippen LogP contribution in [0.3, 0.4) is 0 Å². The molecule has 2 aromatic heterocycles. The van der Waals surface area contributed by atoms with Crippen molar-refractivity contribution in [2.45, 2.75) is 32.8 Å². The molecule has 3 rings (SSSR count). The second-order valence-electron chi connectivity index (χ2n) is 4.85. The highest BCUT2D eigenvalue weighted by Crippen LogP contribution is 2.23. The van der Waals surface area contributed by atoms with E-state index < -0.39 is 0 Å². The van der Waals surface area contributed by atoms with Gasteiger partial charge in [-0.2, -0.15) is 5.10 Å². The van der Waals surface area contributed by atoms with Gasteiger partial charge in [0.15, 0.2) is 11.6 Å². The van der Waals surface area contributed by atoms with Crippen LogP contribution in [-0.4, -0.2) is 22.7 Å². The van der Waals surface area contributed by atoms with Crippen LogP contribution in [-0.2, 0) is 24.2 Å². The van der Waals surface area contributed by atoms with E-state index in [0.717, 1.165) is 29.7 Å². The number of aromatic amines is 1. The minimum atomic E-state index is -0.261. The molecule has 0 fully saturated rings. The van der Waals surface area contributed by atoms with Crippen LogP contribution in [0.5, 0.6) is 0 Å². The van der Waals surface area contributed by atoms with Gasteiger partial charge in [0, 0.05) is 29.3 Å². The number of nitrogens with zero attached hydrogens (tertiary/aromatic N) is 1. The number of ether oxygens (including phenoxy) is 1. The second-order valence-corrected chi connectivity index (χ2v) is 4.85. The molecular formula is C14H17N3O3. The standard InChI is InChI=1S/C14H17N3O3/c1-2-3-10-6-12(17-16-10)15-14(18)13-11-4-5-19-7-9(11)8-20-13/h6,8H,2-5,7H2,1H3,(H2,15,16,17,18). The predicted molar refractivity (Wildman–Crippen MR) is 72.6 cm³/mol. The van der Waals surface area contributed by atoms with Crippen molar-refractivity contribution in [2.24, 2.45) is 0 Å². The van der Waals surface area contributed by atoms with Crippen molar-refractivity contribution in [2.75, 3.05) is 11.9 Å². The van der Waals surface area contributed by atoms with Gasteiger partial charge >= 0.3 is 0 Å². The fourth-order valence-corrected chi connectivity index (χ4v) is 2.36. The average Bonchev–Trinajstić information content (AvgIpc) is 3.06. The highest BCUT2D eigenvalue weighted by Gasteiger charge is 2.23. The van der Waals surface area contributed by atoms with E-state index in [2.05, 4.69) is 22.4 Å². The number of hydrogen-bond acceptors (Lipinski definition) is 4. The molecule has 0 bridgehead atoms. The summed E-state index contributed by atoms with van der Waals surface area (Å²) in [6, 6.07) is 1.85. The topological polar surface area (TPSA) is 80.2 Å². The molecule has 6 heteroatoms. The Kier molecular flexibility index (Phi) is 3.56. The van der Waals surface area contributed by atoms with Gasteiger partial charge < -0.3 is 14.5 Å². The van der Waals surface area contributed by atoms with Crippen LogP contribution in [0.25, 0.3) is 0 Å². The molecule has 106 valence electrons. The van der Waals surface area contributed by atoms with E-state index in [1.807, 2.05) is 6.07 Å². The SMILES string of the molecule is CCCc1cc(NC(=O)c2occ3c2CCOC3)n[nH]1. The summed E-state index contributed by atoms with van der Waals surface area (Å²) in [4.78, 5) is 12.2. The van der Waals surface area contributed by atoms with Gasteiger partial charge in [0.05, 0.1) is 19.5 Å². The normalized spacial score (nSPS) is 14.1. The predicted octanol–water partition coefficient (Wildman–Crippen LogP) is 2.28. The van der Waals surface area contributed by atoms with Crippen molar-refractivity contribution in [3.05, 3.63) is 34.9 Å². The Morgan fingerprint density at radius 2 is 2.45 bits per heavy atom. The minimum absolute atomic E-state index is 0.261. The lowest BCUT2D eigenvalue weighted by molar-refractivity contribution is 0.0988. The Hall–Kier alpha value is -2.08. The van der Waals surface area contributed by atoms with Crippen LogP contribution in [0.4, 0.5) is 5.82 Å². The summed E-state index contributed by atoms with van der Waals surface area (Å²) >= 11 is 0. The summed E-state index contributed by atoms with van der Waals surface area (Å²) in [5.41, 5.74) is 2.91. The van der Waals surface area contributed by atoms with Gasteiger partial charge in [-0.1, -0.05) is 13.3 Å². The van der Waals surface area contributed by atoms with E-state index >= 15 is 0 Å². The van der Waals surface area contributed by atoms with E-state index in [1.165, 1.54) is 0 Å². The summed E-state index contributed by atoms with van der Waals surface area (Å²) in [5.74, 6) is 0.627. The zero-order valence-corrected chi connectivity index (χ0v) is 11.4. The monoisotopic (exact) mass is 275 g/mol. The third-order valence-electron chi connectivity index (χ3n) is 3.33. The molecule has 0 spiro atoms. The number of aryl methyl sites for hydroxylation is 1. The lowest BCUT2D eigenvalue weighted by atomic mass is 10.1. The van der Waals surface area contributed by atoms with Crippen LogP contribution < -0.4 is 5.32 Å². The van der Waals surface area contributed by atoms with Gasteiger partial charge in [0.2, 0.25) is 0 Å². The number of rotatable bonds is 4. The molecule has 3 heterocycles. The molecule has 0 saturated carbocycles. The molecule has 1 aliphatic heterocycles. The maximum atomic E-state index is 12.2. The number of anilines is 1. The van der Waals surface area contributed by atoms with E-state index in [0.29, 0.717) is 31.2 Å². The Balaban J connectivity index is 1.74. The summed E-state index contributed by atoms with van der Waals surface area (Å²) in [6.07, 6.45) is 4.24. The number of amides is 1. The lowest BCUT2D eigenvalue weighted by Gasteiger charge is -2.11. The Morgan fingerprint density at radius 3 is 3.30 bits per heavy atom. The van der Waals surface area contributed by atoms with Crippen LogP contribution in [0.15, 0.2) is 16.7 Å². The number of fused-ring (bicyclic) bond motifs is 1. The smallest absolute Gasteiger partial charge is 0.292 e. The number of nitrogens with one attached hydrogen (secondary N) is 2. The number of carbonyl (C=O) groups excluding carboxylic acids is 1. The average molecular weight is 275 g/mol. The molecule has 0 unspecified atom stereocenters. The van der Waals surface area contributed by atoms with Crippen LogP contribution in [0.1, 0.15) is 40.7 Å². The van der Waals surface area contributed by atoms with E-state index in [9.17, 15) is 4.79 Å². The van der Waals surface area contributed by atoms with Crippen molar-refractivity contribution < 1.29 is 13.9 Å². The molecule has 0 atom stereocenters. The first-order valence-electron chi connectivity index (χ1n) is 6.80. The maximum absolute atomic E-state index is 12.2. The largest absolute Gasteiger partial charge is 0.458 e. The Bertz CT molecular complexity index is 615. The summed E-state index contributed by atoms with van der Waals surface area (Å²) in [6.45, 7) is 3.22. The molecule has 6 nitrogen and oxygen atoms in total. The highest BCUT2D eigenvalue weighted by atomic mass is 16.5. The first kappa shape index (κ1) is 12.9. The Labute approximate surface area is 116 Å². The van der Waals surface area contributed by atoms with Gasteiger partial charge in [0.25, 0.3) is 5.91 Å². The van der Waals surface area contributed by atoms with Gasteiger partial charge in [-0.3, -0.25) is 9.89 Å². The van der Waals surface area contributed by atoms with Gasteiger partial charge in [-0.25, -0.2) is 0 Å². The molecule has 0 saturated heterocycles. The van der Waals surface area contributed by atoms with E-state index in [1.54, 1.807) is 6.26 Å². The molecule has 2 aromatic rings.